The molecular weight excluding hydrogens is 396 g/mol. The van der Waals surface area contributed by atoms with Crippen LogP contribution >= 0.6 is 0 Å². The highest BCUT2D eigenvalue weighted by atomic mass is 16.6. The summed E-state index contributed by atoms with van der Waals surface area (Å²) in [6.45, 7) is 4.51. The summed E-state index contributed by atoms with van der Waals surface area (Å²) >= 11 is 0. The number of pyridine rings is 1. The van der Waals surface area contributed by atoms with E-state index in [4.69, 9.17) is 14.2 Å². The van der Waals surface area contributed by atoms with Gasteiger partial charge in [0.2, 0.25) is 0 Å². The molecule has 0 saturated carbocycles. The summed E-state index contributed by atoms with van der Waals surface area (Å²) in [5.41, 5.74) is 1.83. The number of carbonyl (C=O) groups excluding carboxylic acids is 2. The van der Waals surface area contributed by atoms with Gasteiger partial charge >= 0.3 is 5.97 Å². The molecule has 0 bridgehead atoms. The van der Waals surface area contributed by atoms with Gasteiger partial charge in [-0.1, -0.05) is 30.3 Å². The van der Waals surface area contributed by atoms with E-state index >= 15 is 0 Å². The van der Waals surface area contributed by atoms with Gasteiger partial charge in [0.15, 0.2) is 24.2 Å². The van der Waals surface area contributed by atoms with Gasteiger partial charge in [-0.2, -0.15) is 0 Å². The van der Waals surface area contributed by atoms with E-state index in [1.54, 1.807) is 11.0 Å². The molecule has 1 amide bonds. The number of para-hydroxylation sites is 3. The molecule has 2 heterocycles. The lowest BCUT2D eigenvalue weighted by atomic mass is 10.1. The predicted octanol–water partition coefficient (Wildman–Crippen LogP) is 3.39. The third-order valence-corrected chi connectivity index (χ3v) is 5.12. The SMILES string of the molecule is CCN(C[C@@H]1COc2ccccc2O1)C(=O)COC(=O)c1cc(C)nc2ccccc12. The summed E-state index contributed by atoms with van der Waals surface area (Å²) in [6.07, 6.45) is -0.290. The number of carbonyl (C=O) groups is 2. The maximum atomic E-state index is 12.7. The number of hydrogen-bond acceptors (Lipinski definition) is 6. The maximum Gasteiger partial charge on any atom is 0.339 e. The van der Waals surface area contributed by atoms with Crippen molar-refractivity contribution in [3.05, 3.63) is 65.9 Å². The average molecular weight is 420 g/mol. The highest BCUT2D eigenvalue weighted by Gasteiger charge is 2.25. The van der Waals surface area contributed by atoms with E-state index in [2.05, 4.69) is 4.98 Å². The zero-order valence-corrected chi connectivity index (χ0v) is 17.5. The molecule has 1 atom stereocenters. The topological polar surface area (TPSA) is 78.0 Å². The fourth-order valence-electron chi connectivity index (χ4n) is 3.58. The number of aromatic nitrogens is 1. The molecule has 0 radical (unpaired) electrons. The lowest BCUT2D eigenvalue weighted by Gasteiger charge is -2.30. The molecule has 1 aromatic heterocycles. The number of rotatable bonds is 6. The van der Waals surface area contributed by atoms with Crippen molar-refractivity contribution in [1.82, 2.24) is 9.88 Å². The van der Waals surface area contributed by atoms with Gasteiger partial charge in [0.25, 0.3) is 5.91 Å². The lowest BCUT2D eigenvalue weighted by molar-refractivity contribution is -0.135. The van der Waals surface area contributed by atoms with Gasteiger partial charge in [-0.25, -0.2) is 4.79 Å². The molecular formula is C24H24N2O5. The van der Waals surface area contributed by atoms with Crippen molar-refractivity contribution >= 4 is 22.8 Å². The van der Waals surface area contributed by atoms with E-state index < -0.39 is 5.97 Å². The average Bonchev–Trinajstić information content (AvgIpc) is 2.80. The molecule has 1 aliphatic heterocycles. The summed E-state index contributed by atoms with van der Waals surface area (Å²) in [5, 5.41) is 0.698. The number of likely N-dealkylation sites (N-methyl/N-ethyl adjacent to an activating group) is 1. The van der Waals surface area contributed by atoms with Crippen molar-refractivity contribution in [3.63, 3.8) is 0 Å². The summed E-state index contributed by atoms with van der Waals surface area (Å²) in [6, 6.07) is 16.5. The zero-order chi connectivity index (χ0) is 21.8. The van der Waals surface area contributed by atoms with Gasteiger partial charge in [-0.15, -0.1) is 0 Å². The molecule has 2 aromatic carbocycles. The Morgan fingerprint density at radius 3 is 2.68 bits per heavy atom. The fraction of sp³-hybridized carbons (Fsp3) is 0.292. The smallest absolute Gasteiger partial charge is 0.339 e. The van der Waals surface area contributed by atoms with Crippen molar-refractivity contribution in [3.8, 4) is 11.5 Å². The minimum Gasteiger partial charge on any atom is -0.486 e. The zero-order valence-electron chi connectivity index (χ0n) is 17.5. The number of ether oxygens (including phenoxy) is 3. The molecule has 0 N–H and O–H groups in total. The van der Waals surface area contributed by atoms with Crippen LogP contribution in [0.5, 0.6) is 11.5 Å². The molecule has 0 unspecified atom stereocenters. The molecule has 7 heteroatoms. The molecule has 0 spiro atoms. The van der Waals surface area contributed by atoms with Crippen molar-refractivity contribution in [2.45, 2.75) is 20.0 Å². The highest BCUT2D eigenvalue weighted by molar-refractivity contribution is 6.04. The van der Waals surface area contributed by atoms with Crippen LogP contribution in [-0.2, 0) is 9.53 Å². The number of aryl methyl sites for hydroxylation is 1. The van der Waals surface area contributed by atoms with E-state index in [1.807, 2.05) is 62.4 Å². The van der Waals surface area contributed by atoms with Crippen molar-refractivity contribution in [2.75, 3.05) is 26.3 Å². The second kappa shape index (κ2) is 9.04. The van der Waals surface area contributed by atoms with Crippen LogP contribution in [0.15, 0.2) is 54.6 Å². The minimum absolute atomic E-state index is 0.284. The fourth-order valence-corrected chi connectivity index (χ4v) is 3.58. The standard InChI is InChI=1S/C24H24N2O5/c1-3-26(13-17-14-29-21-10-6-7-11-22(21)31-17)23(27)15-30-24(28)19-12-16(2)25-20-9-5-4-8-18(19)20/h4-12,17H,3,13-15H2,1-2H3/t17-/m1/s1. The molecule has 0 aliphatic carbocycles. The van der Waals surface area contributed by atoms with Gasteiger partial charge in [-0.3, -0.25) is 9.78 Å². The molecule has 160 valence electrons. The number of amides is 1. The maximum absolute atomic E-state index is 12.7. The Kier molecular flexibility index (Phi) is 6.02. The van der Waals surface area contributed by atoms with Gasteiger partial charge < -0.3 is 19.1 Å². The van der Waals surface area contributed by atoms with Crippen molar-refractivity contribution in [2.24, 2.45) is 0 Å². The number of hydrogen-bond donors (Lipinski definition) is 0. The summed E-state index contributed by atoms with van der Waals surface area (Å²) in [4.78, 5) is 31.4. The van der Waals surface area contributed by atoms with E-state index in [0.29, 0.717) is 53.4 Å². The van der Waals surface area contributed by atoms with Gasteiger partial charge in [0, 0.05) is 17.6 Å². The van der Waals surface area contributed by atoms with Gasteiger partial charge in [-0.05, 0) is 38.1 Å². The van der Waals surface area contributed by atoms with Crippen LogP contribution in [0, 0.1) is 6.92 Å². The molecule has 0 saturated heterocycles. The Balaban J connectivity index is 1.38. The third-order valence-electron chi connectivity index (χ3n) is 5.12. The summed E-state index contributed by atoms with van der Waals surface area (Å²) in [5.74, 6) is 0.529. The first-order chi connectivity index (χ1) is 15.0. The largest absolute Gasteiger partial charge is 0.486 e. The van der Waals surface area contributed by atoms with Crippen molar-refractivity contribution < 1.29 is 23.8 Å². The van der Waals surface area contributed by atoms with Crippen LogP contribution in [0.3, 0.4) is 0 Å². The van der Waals surface area contributed by atoms with Crippen LogP contribution < -0.4 is 9.47 Å². The Morgan fingerprint density at radius 1 is 1.13 bits per heavy atom. The van der Waals surface area contributed by atoms with E-state index in [9.17, 15) is 9.59 Å². The van der Waals surface area contributed by atoms with Gasteiger partial charge in [0.1, 0.15) is 6.61 Å². The second-order valence-corrected chi connectivity index (χ2v) is 7.33. The Hall–Kier alpha value is -3.61. The summed E-state index contributed by atoms with van der Waals surface area (Å²) in [7, 11) is 0. The molecule has 31 heavy (non-hydrogen) atoms. The summed E-state index contributed by atoms with van der Waals surface area (Å²) < 4.78 is 17.0. The van der Waals surface area contributed by atoms with Crippen LogP contribution in [0.4, 0.5) is 0 Å². The number of benzene rings is 2. The Morgan fingerprint density at radius 2 is 1.87 bits per heavy atom. The van der Waals surface area contributed by atoms with Crippen LogP contribution in [0.1, 0.15) is 23.0 Å². The second-order valence-electron chi connectivity index (χ2n) is 7.33. The Bertz CT molecular complexity index is 1110. The highest BCUT2D eigenvalue weighted by Crippen LogP contribution is 2.31. The van der Waals surface area contributed by atoms with Crippen LogP contribution in [-0.4, -0.2) is 54.2 Å². The third kappa shape index (κ3) is 4.60. The number of nitrogens with zero attached hydrogens (tertiary/aromatic N) is 2. The molecule has 0 fully saturated rings. The quantitative estimate of drug-likeness (QED) is 0.569. The first-order valence-electron chi connectivity index (χ1n) is 10.2. The monoisotopic (exact) mass is 420 g/mol. The lowest BCUT2D eigenvalue weighted by Crippen LogP contribution is -2.45. The minimum atomic E-state index is -0.544. The molecule has 1 aliphatic rings. The van der Waals surface area contributed by atoms with Crippen LogP contribution in [0.25, 0.3) is 10.9 Å². The number of fused-ring (bicyclic) bond motifs is 2. The van der Waals surface area contributed by atoms with Crippen LogP contribution in [0.2, 0.25) is 0 Å². The predicted molar refractivity (Wildman–Crippen MR) is 115 cm³/mol. The molecule has 3 aromatic rings. The molecule has 7 nitrogen and oxygen atoms in total. The first kappa shape index (κ1) is 20.7. The normalized spacial score (nSPS) is 14.8. The van der Waals surface area contributed by atoms with E-state index in [-0.39, 0.29) is 18.6 Å². The number of esters is 1. The van der Waals surface area contributed by atoms with E-state index in [1.165, 1.54) is 0 Å². The van der Waals surface area contributed by atoms with E-state index in [0.717, 1.165) is 0 Å². The molecule has 4 rings (SSSR count). The Labute approximate surface area is 180 Å². The van der Waals surface area contributed by atoms with Gasteiger partial charge in [0.05, 0.1) is 17.6 Å². The first-order valence-corrected chi connectivity index (χ1v) is 10.2. The van der Waals surface area contributed by atoms with Crippen molar-refractivity contribution in [1.29, 1.82) is 0 Å².